The molecule has 4 aromatic rings. The minimum absolute atomic E-state index is 0.0662. The number of amides is 2. The number of hydrogen-bond acceptors (Lipinski definition) is 6. The normalized spacial score (nSPS) is 10.9. The third-order valence-corrected chi connectivity index (χ3v) is 4.92. The highest BCUT2D eigenvalue weighted by Gasteiger charge is 2.17. The number of anilines is 1. The SMILES string of the molecule is Cc1nn(CC(=O)Nc2ccc(F)nn2)cc1-c1ccc(-c2cnc(C(N)=O)n2C)cc1F. The fraction of sp³-hybridized carbons (Fsp3) is 0.143. The number of aryl methyl sites for hydroxylation is 1. The smallest absolute Gasteiger partial charge is 0.284 e. The lowest BCUT2D eigenvalue weighted by atomic mass is 10.0. The van der Waals surface area contributed by atoms with Crippen molar-refractivity contribution in [3.63, 3.8) is 0 Å². The average molecular weight is 452 g/mol. The molecule has 0 unspecified atom stereocenters. The highest BCUT2D eigenvalue weighted by atomic mass is 19.1. The summed E-state index contributed by atoms with van der Waals surface area (Å²) in [5.74, 6) is -2.24. The largest absolute Gasteiger partial charge is 0.363 e. The van der Waals surface area contributed by atoms with E-state index in [4.69, 9.17) is 5.73 Å². The molecule has 0 aliphatic carbocycles. The van der Waals surface area contributed by atoms with E-state index in [2.05, 4.69) is 25.6 Å². The Morgan fingerprint density at radius 1 is 1.12 bits per heavy atom. The van der Waals surface area contributed by atoms with Gasteiger partial charge in [0.1, 0.15) is 12.4 Å². The van der Waals surface area contributed by atoms with Crippen molar-refractivity contribution in [3.8, 4) is 22.4 Å². The molecule has 0 aliphatic rings. The van der Waals surface area contributed by atoms with E-state index in [0.29, 0.717) is 28.1 Å². The molecule has 168 valence electrons. The Morgan fingerprint density at radius 2 is 1.91 bits per heavy atom. The number of aromatic nitrogens is 6. The van der Waals surface area contributed by atoms with Crippen LogP contribution in [-0.2, 0) is 18.4 Å². The molecule has 10 nitrogen and oxygen atoms in total. The lowest BCUT2D eigenvalue weighted by Crippen LogP contribution is -2.20. The van der Waals surface area contributed by atoms with Gasteiger partial charge in [0.15, 0.2) is 11.6 Å². The zero-order valence-corrected chi connectivity index (χ0v) is 17.6. The summed E-state index contributed by atoms with van der Waals surface area (Å²) < 4.78 is 30.7. The van der Waals surface area contributed by atoms with E-state index < -0.39 is 23.6 Å². The Morgan fingerprint density at radius 3 is 2.55 bits per heavy atom. The van der Waals surface area contributed by atoms with Crippen LogP contribution in [0.25, 0.3) is 22.4 Å². The second kappa shape index (κ2) is 8.57. The van der Waals surface area contributed by atoms with Crippen LogP contribution in [0.4, 0.5) is 14.6 Å². The van der Waals surface area contributed by atoms with Crippen molar-refractivity contribution in [2.24, 2.45) is 12.8 Å². The van der Waals surface area contributed by atoms with Crippen molar-refractivity contribution in [1.29, 1.82) is 0 Å². The summed E-state index contributed by atoms with van der Waals surface area (Å²) in [6, 6.07) is 6.96. The van der Waals surface area contributed by atoms with Gasteiger partial charge in [-0.25, -0.2) is 9.37 Å². The van der Waals surface area contributed by atoms with Gasteiger partial charge >= 0.3 is 0 Å². The van der Waals surface area contributed by atoms with Crippen LogP contribution in [0.5, 0.6) is 0 Å². The Labute approximate surface area is 186 Å². The van der Waals surface area contributed by atoms with E-state index in [1.54, 1.807) is 32.3 Å². The number of imidazole rings is 1. The van der Waals surface area contributed by atoms with E-state index in [0.717, 1.165) is 6.07 Å². The molecule has 0 bridgehead atoms. The molecule has 12 heteroatoms. The number of halogens is 2. The van der Waals surface area contributed by atoms with Gasteiger partial charge in [0.05, 0.1) is 17.6 Å². The Kier molecular flexibility index (Phi) is 5.65. The van der Waals surface area contributed by atoms with Crippen LogP contribution in [0.3, 0.4) is 0 Å². The van der Waals surface area contributed by atoms with Crippen LogP contribution in [0.2, 0.25) is 0 Å². The molecule has 3 heterocycles. The maximum Gasteiger partial charge on any atom is 0.284 e. The van der Waals surface area contributed by atoms with Gasteiger partial charge in [-0.3, -0.25) is 14.3 Å². The number of rotatable bonds is 6. The summed E-state index contributed by atoms with van der Waals surface area (Å²) in [6.45, 7) is 1.54. The number of hydrogen-bond donors (Lipinski definition) is 2. The fourth-order valence-electron chi connectivity index (χ4n) is 3.37. The van der Waals surface area contributed by atoms with Crippen molar-refractivity contribution < 1.29 is 18.4 Å². The van der Waals surface area contributed by atoms with Gasteiger partial charge in [0.2, 0.25) is 11.9 Å². The summed E-state index contributed by atoms with van der Waals surface area (Å²) >= 11 is 0. The quantitative estimate of drug-likeness (QED) is 0.460. The van der Waals surface area contributed by atoms with Gasteiger partial charge in [-0.15, -0.1) is 10.2 Å². The topological polar surface area (TPSA) is 134 Å². The van der Waals surface area contributed by atoms with Crippen LogP contribution in [-0.4, -0.2) is 41.3 Å². The Balaban J connectivity index is 1.54. The van der Waals surface area contributed by atoms with Gasteiger partial charge in [0, 0.05) is 29.9 Å². The van der Waals surface area contributed by atoms with Gasteiger partial charge in [-0.05, 0) is 25.1 Å². The molecule has 3 aromatic heterocycles. The molecular formula is C21H18F2N8O2. The van der Waals surface area contributed by atoms with Crippen LogP contribution in [0, 0.1) is 18.7 Å². The maximum atomic E-state index is 15.0. The number of carbonyl (C=O) groups excluding carboxylic acids is 2. The van der Waals surface area contributed by atoms with Gasteiger partial charge < -0.3 is 15.6 Å². The maximum absolute atomic E-state index is 15.0. The van der Waals surface area contributed by atoms with Crippen molar-refractivity contribution in [3.05, 3.63) is 66.0 Å². The standard InChI is InChI=1S/C21H18F2N8O2/c1-11-14(9-31(29-11)10-19(32)26-18-6-5-17(23)27-28-18)13-4-3-12(7-15(13)22)16-8-25-21(20(24)33)30(16)2/h3-9H,10H2,1-2H3,(H2,24,33)(H,26,28,32). The van der Waals surface area contributed by atoms with Crippen LogP contribution in [0.1, 0.15) is 16.3 Å². The molecule has 1 aromatic carbocycles. The minimum atomic E-state index is -0.759. The first-order valence-corrected chi connectivity index (χ1v) is 9.68. The van der Waals surface area contributed by atoms with E-state index in [1.807, 2.05) is 0 Å². The summed E-state index contributed by atoms with van der Waals surface area (Å²) in [7, 11) is 1.62. The van der Waals surface area contributed by atoms with Crippen molar-refractivity contribution in [2.45, 2.75) is 13.5 Å². The van der Waals surface area contributed by atoms with Crippen LogP contribution in [0.15, 0.2) is 42.7 Å². The molecule has 0 radical (unpaired) electrons. The van der Waals surface area contributed by atoms with Crippen molar-refractivity contribution in [2.75, 3.05) is 5.32 Å². The summed E-state index contributed by atoms with van der Waals surface area (Å²) in [4.78, 5) is 27.6. The number of carbonyl (C=O) groups is 2. The fourth-order valence-corrected chi connectivity index (χ4v) is 3.37. The lowest BCUT2D eigenvalue weighted by molar-refractivity contribution is -0.116. The predicted octanol–water partition coefficient (Wildman–Crippen LogP) is 2.06. The van der Waals surface area contributed by atoms with E-state index >= 15 is 4.39 Å². The Bertz CT molecular complexity index is 1360. The molecule has 0 atom stereocenters. The zero-order chi connectivity index (χ0) is 23.7. The second-order valence-electron chi connectivity index (χ2n) is 7.20. The third kappa shape index (κ3) is 4.44. The predicted molar refractivity (Wildman–Crippen MR) is 114 cm³/mol. The molecule has 33 heavy (non-hydrogen) atoms. The van der Waals surface area contributed by atoms with E-state index in [-0.39, 0.29) is 18.2 Å². The summed E-state index contributed by atoms with van der Waals surface area (Å²) in [6.07, 6.45) is 3.00. The number of nitrogens with one attached hydrogen (secondary N) is 1. The molecular weight excluding hydrogens is 434 g/mol. The van der Waals surface area contributed by atoms with E-state index in [9.17, 15) is 14.0 Å². The monoisotopic (exact) mass is 452 g/mol. The first-order valence-electron chi connectivity index (χ1n) is 9.68. The van der Waals surface area contributed by atoms with Gasteiger partial charge in [-0.1, -0.05) is 12.1 Å². The molecule has 0 fully saturated rings. The molecule has 3 N–H and O–H groups in total. The second-order valence-corrected chi connectivity index (χ2v) is 7.20. The van der Waals surface area contributed by atoms with Gasteiger partial charge in [0.25, 0.3) is 5.91 Å². The first kappa shape index (κ1) is 21.7. The molecule has 0 saturated heterocycles. The number of nitrogens with zero attached hydrogens (tertiary/aromatic N) is 6. The Hall–Kier alpha value is -4.48. The zero-order valence-electron chi connectivity index (χ0n) is 17.6. The van der Waals surface area contributed by atoms with E-state index in [1.165, 1.54) is 27.6 Å². The number of nitrogens with two attached hydrogens (primary N) is 1. The molecule has 0 saturated carbocycles. The lowest BCUT2D eigenvalue weighted by Gasteiger charge is -2.07. The van der Waals surface area contributed by atoms with Crippen molar-refractivity contribution >= 4 is 17.6 Å². The van der Waals surface area contributed by atoms with Crippen molar-refractivity contribution in [1.82, 2.24) is 29.5 Å². The average Bonchev–Trinajstić information content (AvgIpc) is 3.32. The number of benzene rings is 1. The molecule has 0 aliphatic heterocycles. The summed E-state index contributed by atoms with van der Waals surface area (Å²) in [5, 5.41) is 13.5. The summed E-state index contributed by atoms with van der Waals surface area (Å²) in [5.41, 5.74) is 7.66. The third-order valence-electron chi connectivity index (χ3n) is 4.92. The first-order chi connectivity index (χ1) is 15.7. The number of primary amides is 1. The molecule has 0 spiro atoms. The molecule has 2 amide bonds. The molecule has 4 rings (SSSR count). The minimum Gasteiger partial charge on any atom is -0.363 e. The van der Waals surface area contributed by atoms with Crippen LogP contribution >= 0.6 is 0 Å². The van der Waals surface area contributed by atoms with Gasteiger partial charge in [-0.2, -0.15) is 9.49 Å². The highest BCUT2D eigenvalue weighted by molar-refractivity contribution is 5.90. The highest BCUT2D eigenvalue weighted by Crippen LogP contribution is 2.30. The van der Waals surface area contributed by atoms with Crippen LogP contribution < -0.4 is 11.1 Å².